The maximum atomic E-state index is 12.6. The minimum atomic E-state index is -0.109. The molecule has 1 fully saturated rings. The molecule has 0 aliphatic carbocycles. The third-order valence-corrected chi connectivity index (χ3v) is 5.56. The van der Waals surface area contributed by atoms with Gasteiger partial charge in [-0.2, -0.15) is 0 Å². The summed E-state index contributed by atoms with van der Waals surface area (Å²) in [6.07, 6.45) is 0. The van der Waals surface area contributed by atoms with E-state index in [1.54, 1.807) is 4.90 Å². The molecule has 2 aromatic heterocycles. The molecule has 0 aromatic carbocycles. The lowest BCUT2D eigenvalue weighted by Gasteiger charge is -2.30. The Morgan fingerprint density at radius 2 is 2.04 bits per heavy atom. The van der Waals surface area contributed by atoms with Gasteiger partial charge in [-0.3, -0.25) is 14.3 Å². The van der Waals surface area contributed by atoms with Crippen molar-refractivity contribution in [1.29, 1.82) is 0 Å². The van der Waals surface area contributed by atoms with E-state index in [2.05, 4.69) is 15.3 Å². The van der Waals surface area contributed by atoms with Crippen LogP contribution >= 0.6 is 12.2 Å². The molecular weight excluding hydrogens is 364 g/mol. The summed E-state index contributed by atoms with van der Waals surface area (Å²) in [6, 6.07) is 5.80. The van der Waals surface area contributed by atoms with Crippen LogP contribution in [0.1, 0.15) is 11.3 Å². The first-order valence-electron chi connectivity index (χ1n) is 9.43. The van der Waals surface area contributed by atoms with Gasteiger partial charge in [0, 0.05) is 5.69 Å². The topological polar surface area (TPSA) is 80.8 Å². The van der Waals surface area contributed by atoms with Crippen LogP contribution in [-0.4, -0.2) is 60.6 Å². The van der Waals surface area contributed by atoms with Crippen LogP contribution in [0.4, 0.5) is 5.82 Å². The standard InChI is InChI=1S/C18H24N6O2S/c1-13-3-2-4-15(20-13)24-16-14(17(25)21-18(24)27)11-23(12-19-16)6-5-22-7-9-26-10-8-22/h2-4,19H,5-12H2,1H3,(H,21,25,27)/p+2. The quantitative estimate of drug-likeness (QED) is 0.467. The third-order valence-electron chi connectivity index (χ3n) is 5.27. The number of rotatable bonds is 4. The van der Waals surface area contributed by atoms with E-state index in [1.165, 1.54) is 4.90 Å². The molecular formula is C18H26N6O2S+2. The first-order chi connectivity index (χ1) is 13.1. The van der Waals surface area contributed by atoms with Crippen LogP contribution in [0.3, 0.4) is 0 Å². The van der Waals surface area contributed by atoms with Crippen molar-refractivity contribution in [3.8, 4) is 5.82 Å². The van der Waals surface area contributed by atoms with Crippen molar-refractivity contribution in [2.75, 3.05) is 51.4 Å². The average Bonchev–Trinajstić information content (AvgIpc) is 2.67. The van der Waals surface area contributed by atoms with E-state index in [9.17, 15) is 4.79 Å². The summed E-state index contributed by atoms with van der Waals surface area (Å²) >= 11 is 5.42. The van der Waals surface area contributed by atoms with Gasteiger partial charge in [-0.15, -0.1) is 0 Å². The van der Waals surface area contributed by atoms with Crippen LogP contribution in [0.5, 0.6) is 0 Å². The lowest BCUT2D eigenvalue weighted by atomic mass is 10.2. The average molecular weight is 391 g/mol. The van der Waals surface area contributed by atoms with Gasteiger partial charge in [0.15, 0.2) is 11.4 Å². The second-order valence-corrected chi connectivity index (χ2v) is 7.59. The SMILES string of the molecule is Cc1cccc(-n2c3c(c(=O)[nH]c2=S)C[NH+](CC[NH+]2CCOCC2)CN3)n1. The summed E-state index contributed by atoms with van der Waals surface area (Å²) in [5.41, 5.74) is 1.54. The zero-order chi connectivity index (χ0) is 18.8. The third kappa shape index (κ3) is 3.96. The maximum Gasteiger partial charge on any atom is 0.262 e. The summed E-state index contributed by atoms with van der Waals surface area (Å²) in [5.74, 6) is 1.49. The largest absolute Gasteiger partial charge is 0.370 e. The van der Waals surface area contributed by atoms with Crippen LogP contribution in [0, 0.1) is 11.7 Å². The molecule has 1 atom stereocenters. The molecule has 9 heteroatoms. The zero-order valence-electron chi connectivity index (χ0n) is 15.5. The van der Waals surface area contributed by atoms with Crippen molar-refractivity contribution in [3.63, 3.8) is 0 Å². The van der Waals surface area contributed by atoms with Crippen molar-refractivity contribution < 1.29 is 14.5 Å². The number of fused-ring (bicyclic) bond motifs is 1. The second kappa shape index (κ2) is 7.89. The van der Waals surface area contributed by atoms with Crippen molar-refractivity contribution in [2.24, 2.45) is 0 Å². The number of anilines is 1. The van der Waals surface area contributed by atoms with E-state index in [-0.39, 0.29) is 5.56 Å². The van der Waals surface area contributed by atoms with Crippen LogP contribution in [0.2, 0.25) is 0 Å². The fraction of sp³-hybridized carbons (Fsp3) is 0.500. The van der Waals surface area contributed by atoms with Crippen LogP contribution in [-0.2, 0) is 11.3 Å². The van der Waals surface area contributed by atoms with Crippen molar-refractivity contribution in [1.82, 2.24) is 14.5 Å². The number of aromatic nitrogens is 3. The lowest BCUT2D eigenvalue weighted by molar-refractivity contribution is -0.966. The van der Waals surface area contributed by atoms with Gasteiger partial charge >= 0.3 is 0 Å². The molecule has 144 valence electrons. The molecule has 2 aliphatic heterocycles. The Balaban J connectivity index is 1.57. The van der Waals surface area contributed by atoms with Crippen LogP contribution < -0.4 is 20.7 Å². The van der Waals surface area contributed by atoms with E-state index in [0.717, 1.165) is 69.0 Å². The second-order valence-electron chi connectivity index (χ2n) is 7.20. The van der Waals surface area contributed by atoms with E-state index in [4.69, 9.17) is 17.0 Å². The molecule has 1 unspecified atom stereocenters. The molecule has 2 aromatic rings. The summed E-state index contributed by atoms with van der Waals surface area (Å²) in [6.45, 7) is 9.31. The molecule has 4 heterocycles. The number of aromatic amines is 1. The highest BCUT2D eigenvalue weighted by Crippen LogP contribution is 2.18. The molecule has 0 amide bonds. The number of morpholine rings is 1. The fourth-order valence-corrected chi connectivity index (χ4v) is 4.03. The van der Waals surface area contributed by atoms with E-state index < -0.39 is 0 Å². The Kier molecular flexibility index (Phi) is 5.35. The van der Waals surface area contributed by atoms with E-state index >= 15 is 0 Å². The first kappa shape index (κ1) is 18.3. The number of nitrogens with one attached hydrogen (secondary N) is 4. The Bertz CT molecular complexity index is 934. The molecule has 27 heavy (non-hydrogen) atoms. The van der Waals surface area contributed by atoms with Crippen molar-refractivity contribution >= 4 is 18.0 Å². The predicted molar refractivity (Wildman–Crippen MR) is 104 cm³/mol. The molecule has 0 saturated carbocycles. The molecule has 0 bridgehead atoms. The first-order valence-corrected chi connectivity index (χ1v) is 9.83. The molecule has 4 rings (SSSR count). The van der Waals surface area contributed by atoms with Crippen molar-refractivity contribution in [3.05, 3.63) is 44.6 Å². The smallest absolute Gasteiger partial charge is 0.262 e. The highest BCUT2D eigenvalue weighted by Gasteiger charge is 2.27. The van der Waals surface area contributed by atoms with Gasteiger partial charge in [-0.1, -0.05) is 6.07 Å². The minimum absolute atomic E-state index is 0.109. The monoisotopic (exact) mass is 390 g/mol. The number of pyridine rings is 1. The van der Waals surface area contributed by atoms with Crippen LogP contribution in [0.15, 0.2) is 23.0 Å². The lowest BCUT2D eigenvalue weighted by Crippen LogP contribution is -3.21. The molecule has 1 saturated heterocycles. The van der Waals surface area contributed by atoms with Crippen molar-refractivity contribution in [2.45, 2.75) is 13.5 Å². The van der Waals surface area contributed by atoms with Crippen LogP contribution in [0.25, 0.3) is 5.82 Å². The molecule has 2 aliphatic rings. The molecule has 4 N–H and O–H groups in total. The van der Waals surface area contributed by atoms with Gasteiger partial charge in [0.2, 0.25) is 0 Å². The van der Waals surface area contributed by atoms with Gasteiger partial charge in [0.05, 0.1) is 13.2 Å². The Labute approximate surface area is 162 Å². The summed E-state index contributed by atoms with van der Waals surface area (Å²) in [4.78, 5) is 22.9. The normalized spacial score (nSPS) is 20.1. The predicted octanol–water partition coefficient (Wildman–Crippen LogP) is -1.72. The van der Waals surface area contributed by atoms with Gasteiger partial charge in [0.25, 0.3) is 5.56 Å². The van der Waals surface area contributed by atoms with Gasteiger partial charge in [-0.05, 0) is 31.3 Å². The maximum absolute atomic E-state index is 12.6. The zero-order valence-corrected chi connectivity index (χ0v) is 16.3. The summed E-state index contributed by atoms with van der Waals surface area (Å²) < 4.78 is 7.63. The number of ether oxygens (including phenoxy) is 1. The van der Waals surface area contributed by atoms with Gasteiger partial charge < -0.3 is 19.9 Å². The highest BCUT2D eigenvalue weighted by molar-refractivity contribution is 7.71. The Morgan fingerprint density at radius 1 is 1.26 bits per heavy atom. The number of aryl methyl sites for hydroxylation is 1. The van der Waals surface area contributed by atoms with E-state index in [0.29, 0.717) is 11.3 Å². The molecule has 0 radical (unpaired) electrons. The summed E-state index contributed by atoms with van der Waals surface area (Å²) in [7, 11) is 0. The molecule has 8 nitrogen and oxygen atoms in total. The van der Waals surface area contributed by atoms with Gasteiger partial charge in [-0.25, -0.2) is 4.98 Å². The Hall–Kier alpha value is -2.07. The molecule has 0 spiro atoms. The number of hydrogen-bond acceptors (Lipinski definition) is 5. The minimum Gasteiger partial charge on any atom is -0.370 e. The van der Waals surface area contributed by atoms with E-state index in [1.807, 2.05) is 29.7 Å². The number of nitrogens with zero attached hydrogens (tertiary/aromatic N) is 2. The fourth-order valence-electron chi connectivity index (χ4n) is 3.76. The Morgan fingerprint density at radius 3 is 2.81 bits per heavy atom. The number of H-pyrrole nitrogens is 1. The number of quaternary nitrogens is 2. The summed E-state index contributed by atoms with van der Waals surface area (Å²) in [5, 5.41) is 3.43. The van der Waals surface area contributed by atoms with Gasteiger partial charge in [0.1, 0.15) is 49.9 Å². The number of hydrogen-bond donors (Lipinski definition) is 4. The highest BCUT2D eigenvalue weighted by atomic mass is 32.1.